The van der Waals surface area contributed by atoms with E-state index < -0.39 is 11.5 Å². The highest BCUT2D eigenvalue weighted by molar-refractivity contribution is 5.94. The fourth-order valence-electron chi connectivity index (χ4n) is 5.34. The third-order valence-electron chi connectivity index (χ3n) is 6.93. The number of aliphatic hydroxyl groups excluding tert-OH is 2. The lowest BCUT2D eigenvalue weighted by molar-refractivity contribution is -0.151. The van der Waals surface area contributed by atoms with Gasteiger partial charge in [0.25, 0.3) is 0 Å². The number of hydrogen-bond acceptors (Lipinski definition) is 4. The minimum absolute atomic E-state index is 0.00374. The highest BCUT2D eigenvalue weighted by Crippen LogP contribution is 2.61. The molecule has 2 unspecified atom stereocenters. The van der Waals surface area contributed by atoms with Crippen LogP contribution in [0.3, 0.4) is 0 Å². The first-order valence-electron chi connectivity index (χ1n) is 8.87. The number of aliphatic hydroxyl groups is 2. The van der Waals surface area contributed by atoms with Gasteiger partial charge in [0, 0.05) is 5.41 Å². The molecular formula is C20H28O4. The average Bonchev–Trinajstić information content (AvgIpc) is 2.96. The molecule has 2 N–H and O–H groups in total. The Hall–Kier alpha value is -1.39. The van der Waals surface area contributed by atoms with Gasteiger partial charge in [0.05, 0.1) is 24.5 Å². The maximum absolute atomic E-state index is 11.6. The zero-order valence-corrected chi connectivity index (χ0v) is 14.6. The molecule has 0 radical (unpaired) electrons. The van der Waals surface area contributed by atoms with Gasteiger partial charge in [-0.05, 0) is 55.4 Å². The van der Waals surface area contributed by atoms with Crippen molar-refractivity contribution >= 4 is 5.97 Å². The van der Waals surface area contributed by atoms with Gasteiger partial charge in [0.15, 0.2) is 0 Å². The normalized spacial score (nSPS) is 43.8. The van der Waals surface area contributed by atoms with Crippen LogP contribution >= 0.6 is 0 Å². The van der Waals surface area contributed by atoms with Gasteiger partial charge in [-0.15, -0.1) is 0 Å². The van der Waals surface area contributed by atoms with Crippen molar-refractivity contribution in [1.29, 1.82) is 0 Å². The lowest BCUT2D eigenvalue weighted by Gasteiger charge is -2.59. The number of rotatable bonds is 3. The summed E-state index contributed by atoms with van der Waals surface area (Å²) in [6, 6.07) is 0. The SMILES string of the molecule is C=C1CC[C@@H]2[C@@](C)(CCC(O)[C@@]2(C)CO)C1CC=C1C=COC1=O. The van der Waals surface area contributed by atoms with E-state index in [0.29, 0.717) is 12.0 Å². The first kappa shape index (κ1) is 17.4. The minimum Gasteiger partial charge on any atom is -0.431 e. The van der Waals surface area contributed by atoms with Gasteiger partial charge in [-0.1, -0.05) is 32.1 Å². The lowest BCUT2D eigenvalue weighted by Crippen LogP contribution is -2.57. The van der Waals surface area contributed by atoms with Crippen molar-refractivity contribution in [3.63, 3.8) is 0 Å². The van der Waals surface area contributed by atoms with Gasteiger partial charge in [-0.3, -0.25) is 0 Å². The second-order valence-electron chi connectivity index (χ2n) is 8.13. The van der Waals surface area contributed by atoms with Crippen LogP contribution in [0.2, 0.25) is 0 Å². The molecule has 0 bridgehead atoms. The molecule has 0 aromatic carbocycles. The number of carbonyl (C=O) groups excluding carboxylic acids is 1. The van der Waals surface area contributed by atoms with E-state index in [2.05, 4.69) is 13.5 Å². The molecule has 4 heteroatoms. The van der Waals surface area contributed by atoms with Crippen LogP contribution < -0.4 is 0 Å². The van der Waals surface area contributed by atoms with Gasteiger partial charge >= 0.3 is 5.97 Å². The quantitative estimate of drug-likeness (QED) is 0.473. The second kappa shape index (κ2) is 6.16. The average molecular weight is 332 g/mol. The summed E-state index contributed by atoms with van der Waals surface area (Å²) in [5.74, 6) is 0.208. The van der Waals surface area contributed by atoms with E-state index in [-0.39, 0.29) is 29.8 Å². The molecule has 4 nitrogen and oxygen atoms in total. The van der Waals surface area contributed by atoms with E-state index in [1.54, 1.807) is 6.08 Å². The summed E-state index contributed by atoms with van der Waals surface area (Å²) in [4.78, 5) is 11.6. The van der Waals surface area contributed by atoms with Crippen LogP contribution in [0.25, 0.3) is 0 Å². The number of hydrogen-bond donors (Lipinski definition) is 2. The molecule has 3 rings (SSSR count). The molecule has 2 aliphatic carbocycles. The second-order valence-corrected chi connectivity index (χ2v) is 8.13. The smallest absolute Gasteiger partial charge is 0.342 e. The Morgan fingerprint density at radius 2 is 2.17 bits per heavy atom. The third-order valence-corrected chi connectivity index (χ3v) is 6.93. The zero-order valence-electron chi connectivity index (χ0n) is 14.6. The van der Waals surface area contributed by atoms with Crippen LogP contribution in [0.4, 0.5) is 0 Å². The third kappa shape index (κ3) is 2.56. The monoisotopic (exact) mass is 332 g/mol. The topological polar surface area (TPSA) is 66.8 Å². The van der Waals surface area contributed by atoms with Crippen LogP contribution in [0.15, 0.2) is 36.1 Å². The lowest BCUT2D eigenvalue weighted by atomic mass is 9.46. The van der Waals surface area contributed by atoms with Gasteiger partial charge < -0.3 is 14.9 Å². The van der Waals surface area contributed by atoms with Gasteiger partial charge in [0.1, 0.15) is 0 Å². The molecule has 1 heterocycles. The van der Waals surface area contributed by atoms with E-state index >= 15 is 0 Å². The van der Waals surface area contributed by atoms with Crippen molar-refractivity contribution in [1.82, 2.24) is 0 Å². The van der Waals surface area contributed by atoms with Gasteiger partial charge in [-0.2, -0.15) is 0 Å². The van der Waals surface area contributed by atoms with Crippen LogP contribution in [0.1, 0.15) is 46.0 Å². The van der Waals surface area contributed by atoms with Crippen molar-refractivity contribution in [2.75, 3.05) is 6.61 Å². The summed E-state index contributed by atoms with van der Waals surface area (Å²) in [6.07, 6.45) is 8.86. The Labute approximate surface area is 143 Å². The number of carbonyl (C=O) groups is 1. The van der Waals surface area contributed by atoms with E-state index in [1.807, 2.05) is 13.0 Å². The minimum atomic E-state index is -0.467. The summed E-state index contributed by atoms with van der Waals surface area (Å²) in [5.41, 5.74) is 1.34. The molecule has 5 atom stereocenters. The number of esters is 1. The number of fused-ring (bicyclic) bond motifs is 1. The molecule has 0 aromatic rings. The Kier molecular flexibility index (Phi) is 4.47. The first-order valence-corrected chi connectivity index (χ1v) is 8.87. The van der Waals surface area contributed by atoms with Crippen molar-refractivity contribution in [2.45, 2.75) is 52.1 Å². The zero-order chi connectivity index (χ0) is 17.5. The molecular weight excluding hydrogens is 304 g/mol. The highest BCUT2D eigenvalue weighted by Gasteiger charge is 2.57. The molecule has 3 aliphatic rings. The fraction of sp³-hybridized carbons (Fsp3) is 0.650. The predicted molar refractivity (Wildman–Crippen MR) is 91.8 cm³/mol. The van der Waals surface area contributed by atoms with Crippen LogP contribution in [0.5, 0.6) is 0 Å². The van der Waals surface area contributed by atoms with E-state index in [9.17, 15) is 15.0 Å². The molecule has 0 aromatic heterocycles. The maximum Gasteiger partial charge on any atom is 0.342 e. The van der Waals surface area contributed by atoms with Crippen molar-refractivity contribution in [2.24, 2.45) is 22.7 Å². The molecule has 0 amide bonds. The van der Waals surface area contributed by atoms with E-state index in [1.165, 1.54) is 11.8 Å². The predicted octanol–water partition coefficient (Wildman–Crippen LogP) is 3.12. The molecule has 0 spiro atoms. The summed E-state index contributed by atoms with van der Waals surface area (Å²) >= 11 is 0. The van der Waals surface area contributed by atoms with E-state index in [4.69, 9.17) is 4.74 Å². The molecule has 2 fully saturated rings. The van der Waals surface area contributed by atoms with Crippen molar-refractivity contribution in [3.8, 4) is 0 Å². The summed E-state index contributed by atoms with van der Waals surface area (Å²) in [6.45, 7) is 8.59. The standard InChI is InChI=1S/C20H28O4/c1-13-4-7-16-19(2,10-8-17(22)20(16,3)12-21)15(13)6-5-14-9-11-24-18(14)23/h5,9,11,15-17,21-22H,1,4,6-8,10,12H2,2-3H3/t15?,16-,17?,19+,20+/m1/s1. The maximum atomic E-state index is 11.6. The number of allylic oxidation sites excluding steroid dienone is 2. The Balaban J connectivity index is 1.89. The van der Waals surface area contributed by atoms with Gasteiger partial charge in [0.2, 0.25) is 0 Å². The molecule has 1 aliphatic heterocycles. The van der Waals surface area contributed by atoms with Crippen LogP contribution in [-0.4, -0.2) is 28.9 Å². The highest BCUT2D eigenvalue weighted by atomic mass is 16.5. The Bertz CT molecular complexity index is 605. The van der Waals surface area contributed by atoms with Crippen molar-refractivity contribution in [3.05, 3.63) is 36.1 Å². The molecule has 0 saturated heterocycles. The molecule has 24 heavy (non-hydrogen) atoms. The largest absolute Gasteiger partial charge is 0.431 e. The van der Waals surface area contributed by atoms with Gasteiger partial charge in [-0.25, -0.2) is 4.79 Å². The molecule has 2 saturated carbocycles. The summed E-state index contributed by atoms with van der Waals surface area (Å²) < 4.78 is 4.85. The number of ether oxygens (including phenoxy) is 1. The van der Waals surface area contributed by atoms with Crippen LogP contribution in [-0.2, 0) is 9.53 Å². The van der Waals surface area contributed by atoms with Crippen molar-refractivity contribution < 1.29 is 19.7 Å². The summed E-state index contributed by atoms with van der Waals surface area (Å²) in [7, 11) is 0. The fourth-order valence-corrected chi connectivity index (χ4v) is 5.34. The molecule has 132 valence electrons. The Morgan fingerprint density at radius 3 is 2.79 bits per heavy atom. The van der Waals surface area contributed by atoms with Crippen LogP contribution in [0, 0.1) is 22.7 Å². The first-order chi connectivity index (χ1) is 11.3. The summed E-state index contributed by atoms with van der Waals surface area (Å²) in [5, 5.41) is 20.5. The number of cyclic esters (lactones) is 1. The van der Waals surface area contributed by atoms with E-state index in [0.717, 1.165) is 25.7 Å². The Morgan fingerprint density at radius 1 is 1.42 bits per heavy atom.